The predicted octanol–water partition coefficient (Wildman–Crippen LogP) is 0.476. The summed E-state index contributed by atoms with van der Waals surface area (Å²) >= 11 is 0. The summed E-state index contributed by atoms with van der Waals surface area (Å²) in [4.78, 5) is 25.3. The number of rotatable bonds is 1. The van der Waals surface area contributed by atoms with Crippen LogP contribution in [0.4, 0.5) is 0 Å². The summed E-state index contributed by atoms with van der Waals surface area (Å²) in [5, 5.41) is 0. The van der Waals surface area contributed by atoms with Gasteiger partial charge in [-0.2, -0.15) is 0 Å². The molecule has 1 fully saturated rings. The molecule has 15 heavy (non-hydrogen) atoms. The Hall–Kier alpha value is -1.58. The Morgan fingerprint density at radius 1 is 1.13 bits per heavy atom. The fourth-order valence-corrected chi connectivity index (χ4v) is 2.17. The number of carbonyl (C=O) groups excluding carboxylic acids is 2. The first-order valence-corrected chi connectivity index (χ1v) is 5.17. The quantitative estimate of drug-likeness (QED) is 0.487. The zero-order valence-electron chi connectivity index (χ0n) is 8.43. The van der Waals surface area contributed by atoms with Gasteiger partial charge in [-0.25, -0.2) is 0 Å². The van der Waals surface area contributed by atoms with Crippen LogP contribution in [-0.4, -0.2) is 30.6 Å². The van der Waals surface area contributed by atoms with E-state index in [4.69, 9.17) is 0 Å². The van der Waals surface area contributed by atoms with Crippen LogP contribution in [0.1, 0.15) is 27.1 Å². The minimum Gasteiger partial charge on any atom is -0.272 e. The fraction of sp³-hybridized carbons (Fsp3) is 0.273. The second-order valence-corrected chi connectivity index (χ2v) is 4.31. The molecule has 74 valence electrons. The lowest BCUT2D eigenvalue weighted by atomic mass is 10.0. The molecule has 3 nitrogen and oxygen atoms in total. The lowest BCUT2D eigenvalue weighted by Gasteiger charge is -2.12. The van der Waals surface area contributed by atoms with Crippen LogP contribution in [0.25, 0.3) is 0 Å². The molecule has 2 amide bonds. The highest BCUT2D eigenvalue weighted by Crippen LogP contribution is 2.42. The van der Waals surface area contributed by atoms with E-state index in [1.165, 1.54) is 4.90 Å². The van der Waals surface area contributed by atoms with Crippen molar-refractivity contribution >= 4 is 19.7 Å². The maximum atomic E-state index is 11.9. The Morgan fingerprint density at radius 2 is 1.60 bits per heavy atom. The van der Waals surface area contributed by atoms with E-state index in [1.54, 1.807) is 24.3 Å². The molecular weight excluding hydrogens is 189 g/mol. The van der Waals surface area contributed by atoms with E-state index in [0.717, 1.165) is 6.42 Å². The molecule has 2 atom stereocenters. The van der Waals surface area contributed by atoms with E-state index in [1.807, 2.05) is 0 Å². The van der Waals surface area contributed by atoms with Gasteiger partial charge in [0.25, 0.3) is 11.8 Å². The van der Waals surface area contributed by atoms with Crippen LogP contribution in [0.15, 0.2) is 24.3 Å². The Morgan fingerprint density at radius 3 is 2.00 bits per heavy atom. The Bertz CT molecular complexity index is 436. The number of nitrogens with zero attached hydrogens (tertiary/aromatic N) is 1. The Kier molecular flexibility index (Phi) is 1.58. The first kappa shape index (κ1) is 8.71. The average molecular weight is 199 g/mol. The van der Waals surface area contributed by atoms with Gasteiger partial charge >= 0.3 is 0 Å². The van der Waals surface area contributed by atoms with Gasteiger partial charge in [-0.15, -0.1) is 0 Å². The van der Waals surface area contributed by atoms with Crippen LogP contribution in [-0.2, 0) is 0 Å². The van der Waals surface area contributed by atoms with Gasteiger partial charge in [0.1, 0.15) is 7.85 Å². The molecule has 1 saturated carbocycles. The molecule has 1 aromatic rings. The van der Waals surface area contributed by atoms with Crippen molar-refractivity contribution in [3.63, 3.8) is 0 Å². The summed E-state index contributed by atoms with van der Waals surface area (Å²) in [5.74, 6) is 0.224. The third kappa shape index (κ3) is 1.08. The average Bonchev–Trinajstić information content (AvgIpc) is 2.89. The maximum absolute atomic E-state index is 11.9. The predicted molar refractivity (Wildman–Crippen MR) is 57.6 cm³/mol. The SMILES string of the molecule is B[C@H]1CC1N1C(=O)c2ccccc2C1=O. The van der Waals surface area contributed by atoms with Crippen molar-refractivity contribution in [2.24, 2.45) is 0 Å². The van der Waals surface area contributed by atoms with E-state index in [-0.39, 0.29) is 17.9 Å². The van der Waals surface area contributed by atoms with Crippen LogP contribution in [0.2, 0.25) is 5.82 Å². The summed E-state index contributed by atoms with van der Waals surface area (Å²) in [7, 11) is 2.06. The third-order valence-electron chi connectivity index (χ3n) is 3.22. The summed E-state index contributed by atoms with van der Waals surface area (Å²) in [6.07, 6.45) is 0.950. The Labute approximate surface area is 88.5 Å². The molecule has 4 heteroatoms. The lowest BCUT2D eigenvalue weighted by molar-refractivity contribution is 0.0642. The van der Waals surface area contributed by atoms with Crippen molar-refractivity contribution in [2.45, 2.75) is 18.3 Å². The smallest absolute Gasteiger partial charge is 0.261 e. The summed E-state index contributed by atoms with van der Waals surface area (Å²) in [6.45, 7) is 0. The van der Waals surface area contributed by atoms with Gasteiger partial charge in [0.15, 0.2) is 0 Å². The molecule has 1 aromatic carbocycles. The van der Waals surface area contributed by atoms with E-state index in [9.17, 15) is 9.59 Å². The molecule has 0 aromatic heterocycles. The van der Waals surface area contributed by atoms with Crippen molar-refractivity contribution in [3.8, 4) is 0 Å². The van der Waals surface area contributed by atoms with Crippen molar-refractivity contribution in [2.75, 3.05) is 0 Å². The summed E-state index contributed by atoms with van der Waals surface area (Å²) in [5.41, 5.74) is 1.11. The van der Waals surface area contributed by atoms with Gasteiger partial charge in [-0.05, 0) is 24.4 Å². The molecule has 0 radical (unpaired) electrons. The van der Waals surface area contributed by atoms with Crippen LogP contribution >= 0.6 is 0 Å². The minimum absolute atomic E-state index is 0.120. The molecule has 0 spiro atoms. The zero-order valence-corrected chi connectivity index (χ0v) is 8.43. The standard InChI is InChI=1S/C11H10BNO2/c12-8-5-9(8)13-10(14)6-3-1-2-4-7(6)11(13)15/h1-4,8-9H,5,12H2/t8-,9?/m0/s1. The number of hydrogen-bond donors (Lipinski definition) is 0. The van der Waals surface area contributed by atoms with Gasteiger partial charge < -0.3 is 0 Å². The van der Waals surface area contributed by atoms with Crippen LogP contribution < -0.4 is 0 Å². The van der Waals surface area contributed by atoms with Crippen molar-refractivity contribution in [1.82, 2.24) is 4.90 Å². The number of benzene rings is 1. The molecule has 0 bridgehead atoms. The maximum Gasteiger partial charge on any atom is 0.261 e. The highest BCUT2D eigenvalue weighted by molar-refractivity contribution is 6.23. The van der Waals surface area contributed by atoms with Gasteiger partial charge in [0.2, 0.25) is 0 Å². The van der Waals surface area contributed by atoms with E-state index >= 15 is 0 Å². The van der Waals surface area contributed by atoms with E-state index in [0.29, 0.717) is 16.9 Å². The summed E-state index contributed by atoms with van der Waals surface area (Å²) in [6, 6.07) is 7.18. The molecule has 1 heterocycles. The van der Waals surface area contributed by atoms with Gasteiger partial charge in [-0.1, -0.05) is 12.1 Å². The van der Waals surface area contributed by atoms with Crippen molar-refractivity contribution < 1.29 is 9.59 Å². The highest BCUT2D eigenvalue weighted by Gasteiger charge is 2.48. The van der Waals surface area contributed by atoms with Crippen LogP contribution in [0.5, 0.6) is 0 Å². The monoisotopic (exact) mass is 199 g/mol. The largest absolute Gasteiger partial charge is 0.272 e. The topological polar surface area (TPSA) is 37.4 Å². The van der Waals surface area contributed by atoms with Gasteiger partial charge in [-0.3, -0.25) is 14.5 Å². The van der Waals surface area contributed by atoms with E-state index in [2.05, 4.69) is 7.85 Å². The highest BCUT2D eigenvalue weighted by atomic mass is 16.2. The third-order valence-corrected chi connectivity index (χ3v) is 3.22. The fourth-order valence-electron chi connectivity index (χ4n) is 2.17. The molecule has 0 N–H and O–H groups in total. The number of fused-ring (bicyclic) bond motifs is 1. The minimum atomic E-state index is -0.120. The molecule has 1 aliphatic heterocycles. The van der Waals surface area contributed by atoms with E-state index < -0.39 is 0 Å². The molecule has 2 aliphatic rings. The number of carbonyl (C=O) groups is 2. The molecule has 3 rings (SSSR count). The second-order valence-electron chi connectivity index (χ2n) is 4.31. The van der Waals surface area contributed by atoms with Crippen molar-refractivity contribution in [3.05, 3.63) is 35.4 Å². The van der Waals surface area contributed by atoms with Crippen LogP contribution in [0.3, 0.4) is 0 Å². The molecular formula is C11H10BNO2. The first-order valence-electron chi connectivity index (χ1n) is 5.17. The van der Waals surface area contributed by atoms with Gasteiger partial charge in [0, 0.05) is 6.04 Å². The number of hydrogen-bond acceptors (Lipinski definition) is 2. The van der Waals surface area contributed by atoms with Crippen molar-refractivity contribution in [1.29, 1.82) is 0 Å². The molecule has 1 aliphatic carbocycles. The van der Waals surface area contributed by atoms with Gasteiger partial charge in [0.05, 0.1) is 11.1 Å². The van der Waals surface area contributed by atoms with Crippen LogP contribution in [0, 0.1) is 0 Å². The summed E-state index contributed by atoms with van der Waals surface area (Å²) < 4.78 is 0. The number of amides is 2. The molecule has 0 saturated heterocycles. The second kappa shape index (κ2) is 2.72. The Balaban J connectivity index is 2.05. The first-order chi connectivity index (χ1) is 7.20. The zero-order chi connectivity index (χ0) is 10.6. The number of imide groups is 1. The normalized spacial score (nSPS) is 28.1. The molecule has 1 unspecified atom stereocenters. The lowest BCUT2D eigenvalue weighted by Crippen LogP contribution is -2.32.